The summed E-state index contributed by atoms with van der Waals surface area (Å²) in [6.45, 7) is 1.45. The minimum Gasteiger partial charge on any atom is -0.397 e. The zero-order valence-electron chi connectivity index (χ0n) is 10.5. The van der Waals surface area contributed by atoms with Crippen LogP contribution in [0.1, 0.15) is 6.92 Å². The van der Waals surface area contributed by atoms with Gasteiger partial charge in [0.15, 0.2) is 0 Å². The molecular formula is C14H14N4O. The number of nitrogens with one attached hydrogen (secondary N) is 1. The van der Waals surface area contributed by atoms with Crippen LogP contribution in [-0.4, -0.2) is 5.91 Å². The van der Waals surface area contributed by atoms with Gasteiger partial charge in [0.05, 0.1) is 11.4 Å². The summed E-state index contributed by atoms with van der Waals surface area (Å²) in [7, 11) is 0. The van der Waals surface area contributed by atoms with E-state index in [1.807, 2.05) is 24.3 Å². The Morgan fingerprint density at radius 2 is 1.58 bits per heavy atom. The number of azo groups is 1. The molecule has 0 aliphatic heterocycles. The van der Waals surface area contributed by atoms with Crippen LogP contribution in [0.4, 0.5) is 22.7 Å². The van der Waals surface area contributed by atoms with Crippen LogP contribution in [0.15, 0.2) is 58.8 Å². The molecule has 0 unspecified atom stereocenters. The summed E-state index contributed by atoms with van der Waals surface area (Å²) in [4.78, 5) is 11.1. The third kappa shape index (κ3) is 3.38. The highest BCUT2D eigenvalue weighted by Gasteiger charge is 2.02. The molecule has 2 rings (SSSR count). The molecule has 0 aliphatic rings. The number of hydrogen-bond acceptors (Lipinski definition) is 4. The Kier molecular flexibility index (Phi) is 3.87. The van der Waals surface area contributed by atoms with Crippen molar-refractivity contribution < 1.29 is 4.79 Å². The molecule has 0 atom stereocenters. The monoisotopic (exact) mass is 254 g/mol. The van der Waals surface area contributed by atoms with Crippen LogP contribution in [0.3, 0.4) is 0 Å². The fraction of sp³-hybridized carbons (Fsp3) is 0.0714. The lowest BCUT2D eigenvalue weighted by Gasteiger charge is -2.04. The molecule has 2 aromatic rings. The minimum atomic E-state index is -0.151. The number of rotatable bonds is 3. The summed E-state index contributed by atoms with van der Waals surface area (Å²) >= 11 is 0. The molecule has 0 aromatic heterocycles. The molecule has 0 saturated carbocycles. The van der Waals surface area contributed by atoms with E-state index in [1.54, 1.807) is 24.3 Å². The third-order valence-electron chi connectivity index (χ3n) is 2.42. The standard InChI is InChI=1S/C14H14N4O/c1-10(19)16-13-8-4-5-9-14(13)18-17-12-7-3-2-6-11(12)15/h2-9H,15H2,1H3,(H,16,19). The maximum absolute atomic E-state index is 11.1. The van der Waals surface area contributed by atoms with Gasteiger partial charge in [0, 0.05) is 6.92 Å². The predicted molar refractivity (Wildman–Crippen MR) is 75.8 cm³/mol. The maximum Gasteiger partial charge on any atom is 0.221 e. The SMILES string of the molecule is CC(=O)Nc1ccccc1N=Nc1ccccc1N. The molecule has 5 nitrogen and oxygen atoms in total. The van der Waals surface area contributed by atoms with Gasteiger partial charge in [-0.05, 0) is 24.3 Å². The Balaban J connectivity index is 2.28. The molecule has 0 bridgehead atoms. The van der Waals surface area contributed by atoms with Gasteiger partial charge in [-0.1, -0.05) is 24.3 Å². The van der Waals surface area contributed by atoms with Gasteiger partial charge in [-0.15, -0.1) is 10.2 Å². The number of nitrogens with zero attached hydrogens (tertiary/aromatic N) is 2. The first-order valence-electron chi connectivity index (χ1n) is 5.79. The number of hydrogen-bond donors (Lipinski definition) is 2. The largest absolute Gasteiger partial charge is 0.397 e. The van der Waals surface area contributed by atoms with Crippen LogP contribution in [0.5, 0.6) is 0 Å². The molecule has 1 amide bonds. The number of carbonyl (C=O) groups is 1. The van der Waals surface area contributed by atoms with Gasteiger partial charge in [-0.25, -0.2) is 0 Å². The normalized spacial score (nSPS) is 10.6. The summed E-state index contributed by atoms with van der Waals surface area (Å²) in [5.41, 5.74) is 8.14. The third-order valence-corrected chi connectivity index (χ3v) is 2.42. The smallest absolute Gasteiger partial charge is 0.221 e. The highest BCUT2D eigenvalue weighted by molar-refractivity contribution is 5.91. The van der Waals surface area contributed by atoms with E-state index in [2.05, 4.69) is 15.5 Å². The molecule has 3 N–H and O–H groups in total. The summed E-state index contributed by atoms with van der Waals surface area (Å²) in [6.07, 6.45) is 0. The Morgan fingerprint density at radius 1 is 1.00 bits per heavy atom. The fourth-order valence-electron chi connectivity index (χ4n) is 1.54. The van der Waals surface area contributed by atoms with Crippen LogP contribution in [0.25, 0.3) is 0 Å². The quantitative estimate of drug-likeness (QED) is 0.647. The zero-order chi connectivity index (χ0) is 13.7. The second kappa shape index (κ2) is 5.77. The molecule has 0 spiro atoms. The molecule has 0 radical (unpaired) electrons. The lowest BCUT2D eigenvalue weighted by Crippen LogP contribution is -2.05. The van der Waals surface area contributed by atoms with Crippen molar-refractivity contribution in [1.82, 2.24) is 0 Å². The van der Waals surface area contributed by atoms with E-state index in [1.165, 1.54) is 6.92 Å². The van der Waals surface area contributed by atoms with Crippen molar-refractivity contribution >= 4 is 28.7 Å². The van der Waals surface area contributed by atoms with Crippen LogP contribution in [0.2, 0.25) is 0 Å². The highest BCUT2D eigenvalue weighted by Crippen LogP contribution is 2.28. The first-order chi connectivity index (χ1) is 9.16. The summed E-state index contributed by atoms with van der Waals surface area (Å²) in [5.74, 6) is -0.151. The first-order valence-corrected chi connectivity index (χ1v) is 5.79. The highest BCUT2D eigenvalue weighted by atomic mass is 16.1. The number of benzene rings is 2. The van der Waals surface area contributed by atoms with E-state index < -0.39 is 0 Å². The molecular weight excluding hydrogens is 240 g/mol. The Hall–Kier alpha value is -2.69. The van der Waals surface area contributed by atoms with Crippen LogP contribution in [-0.2, 0) is 4.79 Å². The summed E-state index contributed by atoms with van der Waals surface area (Å²) in [5, 5.41) is 10.9. The molecule has 96 valence electrons. The van der Waals surface area contributed by atoms with Crippen molar-refractivity contribution in [2.45, 2.75) is 6.92 Å². The lowest BCUT2D eigenvalue weighted by atomic mass is 10.2. The second-order valence-corrected chi connectivity index (χ2v) is 3.96. The van der Waals surface area contributed by atoms with Gasteiger partial charge in [0.25, 0.3) is 0 Å². The van der Waals surface area contributed by atoms with Gasteiger partial charge >= 0.3 is 0 Å². The van der Waals surface area contributed by atoms with Crippen molar-refractivity contribution in [3.63, 3.8) is 0 Å². The van der Waals surface area contributed by atoms with Crippen LogP contribution in [0, 0.1) is 0 Å². The lowest BCUT2D eigenvalue weighted by molar-refractivity contribution is -0.114. The van der Waals surface area contributed by atoms with Crippen molar-refractivity contribution in [2.24, 2.45) is 10.2 Å². The number of para-hydroxylation sites is 2. The van der Waals surface area contributed by atoms with E-state index in [-0.39, 0.29) is 5.91 Å². The van der Waals surface area contributed by atoms with E-state index in [0.717, 1.165) is 0 Å². The average molecular weight is 254 g/mol. The van der Waals surface area contributed by atoms with Crippen molar-refractivity contribution in [1.29, 1.82) is 0 Å². The molecule has 0 fully saturated rings. The fourth-order valence-corrected chi connectivity index (χ4v) is 1.54. The average Bonchev–Trinajstić information content (AvgIpc) is 2.39. The molecule has 19 heavy (non-hydrogen) atoms. The molecule has 0 aliphatic carbocycles. The maximum atomic E-state index is 11.1. The van der Waals surface area contributed by atoms with E-state index in [0.29, 0.717) is 22.7 Å². The van der Waals surface area contributed by atoms with Crippen LogP contribution < -0.4 is 11.1 Å². The topological polar surface area (TPSA) is 79.8 Å². The number of amides is 1. The predicted octanol–water partition coefficient (Wildman–Crippen LogP) is 3.64. The number of nitrogens with two attached hydrogens (primary N) is 1. The molecule has 0 saturated heterocycles. The number of carbonyl (C=O) groups excluding carboxylic acids is 1. The van der Waals surface area contributed by atoms with Gasteiger partial charge < -0.3 is 11.1 Å². The molecule has 0 heterocycles. The van der Waals surface area contributed by atoms with E-state index in [4.69, 9.17) is 5.73 Å². The number of anilines is 2. The minimum absolute atomic E-state index is 0.151. The molecule has 5 heteroatoms. The van der Waals surface area contributed by atoms with Crippen molar-refractivity contribution in [3.8, 4) is 0 Å². The van der Waals surface area contributed by atoms with E-state index >= 15 is 0 Å². The zero-order valence-corrected chi connectivity index (χ0v) is 10.5. The van der Waals surface area contributed by atoms with E-state index in [9.17, 15) is 4.79 Å². The summed E-state index contributed by atoms with van der Waals surface area (Å²) in [6, 6.07) is 14.4. The number of nitrogen functional groups attached to an aromatic ring is 1. The van der Waals surface area contributed by atoms with Crippen LogP contribution >= 0.6 is 0 Å². The Morgan fingerprint density at radius 3 is 2.26 bits per heavy atom. The Bertz CT molecular complexity index is 622. The Labute approximate surface area is 111 Å². The van der Waals surface area contributed by atoms with Crippen molar-refractivity contribution in [3.05, 3.63) is 48.5 Å². The summed E-state index contributed by atoms with van der Waals surface area (Å²) < 4.78 is 0. The first kappa shape index (κ1) is 12.8. The van der Waals surface area contributed by atoms with Gasteiger partial charge in [-0.3, -0.25) is 4.79 Å². The van der Waals surface area contributed by atoms with Gasteiger partial charge in [-0.2, -0.15) is 0 Å². The van der Waals surface area contributed by atoms with Gasteiger partial charge in [0.1, 0.15) is 11.4 Å². The molecule has 2 aromatic carbocycles. The second-order valence-electron chi connectivity index (χ2n) is 3.96. The van der Waals surface area contributed by atoms with Gasteiger partial charge in [0.2, 0.25) is 5.91 Å². The van der Waals surface area contributed by atoms with Crippen molar-refractivity contribution in [2.75, 3.05) is 11.1 Å².